The fraction of sp³-hybridized carbons (Fsp3) is 0.286. The minimum absolute atomic E-state index is 0.166. The molecule has 3 aromatic rings. The zero-order chi connectivity index (χ0) is 18.6. The van der Waals surface area contributed by atoms with Crippen LogP contribution < -0.4 is 19.5 Å². The second-order valence-electron chi connectivity index (χ2n) is 6.50. The van der Waals surface area contributed by atoms with Gasteiger partial charge in [0, 0.05) is 23.7 Å². The van der Waals surface area contributed by atoms with Crippen LogP contribution in [0.4, 0.5) is 0 Å². The number of fused-ring (bicyclic) bond motifs is 1. The van der Waals surface area contributed by atoms with Crippen molar-refractivity contribution in [2.45, 2.75) is 19.5 Å². The molecule has 1 aliphatic heterocycles. The normalized spacial score (nSPS) is 14.0. The Morgan fingerprint density at radius 3 is 2.67 bits per heavy atom. The Morgan fingerprint density at radius 1 is 1.11 bits per heavy atom. The second kappa shape index (κ2) is 7.72. The third-order valence-electron chi connectivity index (χ3n) is 4.76. The van der Waals surface area contributed by atoms with Gasteiger partial charge in [-0.25, -0.2) is 0 Å². The van der Waals surface area contributed by atoms with Crippen LogP contribution in [0.3, 0.4) is 0 Å². The SMILES string of the molecule is COc1ccc(-c2[nH]ncc2CNC(C)c2ccc3c(c2)OCCO3)cc1. The number of ether oxygens (including phenoxy) is 3. The molecule has 1 aromatic heterocycles. The molecule has 27 heavy (non-hydrogen) atoms. The van der Waals surface area contributed by atoms with Crippen LogP contribution in [0.25, 0.3) is 11.3 Å². The number of nitrogens with zero attached hydrogens (tertiary/aromatic N) is 1. The molecule has 0 bridgehead atoms. The third kappa shape index (κ3) is 3.75. The van der Waals surface area contributed by atoms with Crippen molar-refractivity contribution >= 4 is 0 Å². The van der Waals surface area contributed by atoms with E-state index in [4.69, 9.17) is 14.2 Å². The summed E-state index contributed by atoms with van der Waals surface area (Å²) in [5, 5.41) is 10.9. The van der Waals surface area contributed by atoms with Gasteiger partial charge in [0.25, 0.3) is 0 Å². The molecular weight excluding hydrogens is 342 g/mol. The lowest BCUT2D eigenvalue weighted by Crippen LogP contribution is -2.19. The van der Waals surface area contributed by atoms with Crippen LogP contribution in [0.5, 0.6) is 17.2 Å². The van der Waals surface area contributed by atoms with Gasteiger partial charge in [0.2, 0.25) is 0 Å². The lowest BCUT2D eigenvalue weighted by Gasteiger charge is -2.21. The van der Waals surface area contributed by atoms with Crippen molar-refractivity contribution < 1.29 is 14.2 Å². The molecule has 0 saturated carbocycles. The summed E-state index contributed by atoms with van der Waals surface area (Å²) in [4.78, 5) is 0. The molecule has 0 saturated heterocycles. The topological polar surface area (TPSA) is 68.4 Å². The van der Waals surface area contributed by atoms with Gasteiger partial charge in [-0.3, -0.25) is 5.10 Å². The highest BCUT2D eigenvalue weighted by Crippen LogP contribution is 2.32. The van der Waals surface area contributed by atoms with Crippen molar-refractivity contribution in [1.82, 2.24) is 15.5 Å². The first-order chi connectivity index (χ1) is 13.2. The molecular formula is C21H23N3O3. The van der Waals surface area contributed by atoms with Crippen LogP contribution in [0.2, 0.25) is 0 Å². The van der Waals surface area contributed by atoms with E-state index >= 15 is 0 Å². The smallest absolute Gasteiger partial charge is 0.161 e. The minimum Gasteiger partial charge on any atom is -0.497 e. The van der Waals surface area contributed by atoms with Crippen molar-refractivity contribution in [3.05, 3.63) is 59.8 Å². The van der Waals surface area contributed by atoms with Gasteiger partial charge in [0.1, 0.15) is 19.0 Å². The molecule has 4 rings (SSSR count). The average Bonchev–Trinajstić information content (AvgIpc) is 3.20. The Morgan fingerprint density at radius 2 is 1.89 bits per heavy atom. The number of methoxy groups -OCH3 is 1. The predicted molar refractivity (Wildman–Crippen MR) is 103 cm³/mol. The third-order valence-corrected chi connectivity index (χ3v) is 4.76. The van der Waals surface area contributed by atoms with Gasteiger partial charge in [-0.1, -0.05) is 6.07 Å². The van der Waals surface area contributed by atoms with Gasteiger partial charge in [-0.05, 0) is 48.9 Å². The molecule has 6 nitrogen and oxygen atoms in total. The molecule has 2 heterocycles. The number of hydrogen-bond donors (Lipinski definition) is 2. The Hall–Kier alpha value is -2.99. The van der Waals surface area contributed by atoms with Crippen molar-refractivity contribution in [2.75, 3.05) is 20.3 Å². The lowest BCUT2D eigenvalue weighted by atomic mass is 10.1. The van der Waals surface area contributed by atoms with Gasteiger partial charge in [0.05, 0.1) is 19.0 Å². The molecule has 2 aromatic carbocycles. The van der Waals surface area contributed by atoms with Gasteiger partial charge in [-0.15, -0.1) is 0 Å². The van der Waals surface area contributed by atoms with Crippen molar-refractivity contribution in [1.29, 1.82) is 0 Å². The van der Waals surface area contributed by atoms with E-state index in [2.05, 4.69) is 28.5 Å². The molecule has 140 valence electrons. The fourth-order valence-electron chi connectivity index (χ4n) is 3.16. The van der Waals surface area contributed by atoms with Crippen LogP contribution in [-0.4, -0.2) is 30.5 Å². The average molecular weight is 365 g/mol. The number of rotatable bonds is 6. The Labute approximate surface area is 158 Å². The van der Waals surface area contributed by atoms with E-state index in [-0.39, 0.29) is 6.04 Å². The molecule has 1 aliphatic rings. The standard InChI is InChI=1S/C21H23N3O3/c1-14(16-5-8-19-20(11-16)27-10-9-26-19)22-12-17-13-23-24-21(17)15-3-6-18(25-2)7-4-15/h3-8,11,13-14,22H,9-10,12H2,1-2H3,(H,23,24). The van der Waals surface area contributed by atoms with Crippen LogP contribution in [-0.2, 0) is 6.54 Å². The maximum absolute atomic E-state index is 5.68. The van der Waals surface area contributed by atoms with E-state index in [0.29, 0.717) is 19.8 Å². The summed E-state index contributed by atoms with van der Waals surface area (Å²) in [5.41, 5.74) is 4.37. The minimum atomic E-state index is 0.166. The molecule has 0 aliphatic carbocycles. The van der Waals surface area contributed by atoms with Gasteiger partial charge >= 0.3 is 0 Å². The summed E-state index contributed by atoms with van der Waals surface area (Å²) in [7, 11) is 1.67. The van der Waals surface area contributed by atoms with Gasteiger partial charge in [-0.2, -0.15) is 5.10 Å². The van der Waals surface area contributed by atoms with Crippen LogP contribution >= 0.6 is 0 Å². The van der Waals surface area contributed by atoms with Crippen LogP contribution in [0.15, 0.2) is 48.7 Å². The number of aromatic amines is 1. The van der Waals surface area contributed by atoms with Crippen molar-refractivity contribution in [3.63, 3.8) is 0 Å². The molecule has 0 spiro atoms. The Balaban J connectivity index is 1.45. The molecule has 0 radical (unpaired) electrons. The predicted octanol–water partition coefficient (Wildman–Crippen LogP) is 3.71. The summed E-state index contributed by atoms with van der Waals surface area (Å²) >= 11 is 0. The zero-order valence-corrected chi connectivity index (χ0v) is 15.5. The maximum atomic E-state index is 5.68. The van der Waals surface area contributed by atoms with E-state index in [1.165, 1.54) is 0 Å². The quantitative estimate of drug-likeness (QED) is 0.697. The number of aromatic nitrogens is 2. The Kier molecular flexibility index (Phi) is 4.98. The van der Waals surface area contributed by atoms with E-state index in [9.17, 15) is 0 Å². The molecule has 6 heteroatoms. The van der Waals surface area contributed by atoms with Crippen LogP contribution in [0.1, 0.15) is 24.1 Å². The summed E-state index contributed by atoms with van der Waals surface area (Å²) in [5.74, 6) is 2.47. The largest absolute Gasteiger partial charge is 0.497 e. The maximum Gasteiger partial charge on any atom is 0.161 e. The monoisotopic (exact) mass is 365 g/mol. The van der Waals surface area contributed by atoms with E-state index < -0.39 is 0 Å². The highest BCUT2D eigenvalue weighted by Gasteiger charge is 2.15. The Bertz CT molecular complexity index is 905. The number of benzene rings is 2. The van der Waals surface area contributed by atoms with Gasteiger partial charge < -0.3 is 19.5 Å². The molecule has 1 unspecified atom stereocenters. The highest BCUT2D eigenvalue weighted by atomic mass is 16.6. The molecule has 2 N–H and O–H groups in total. The van der Waals surface area contributed by atoms with Crippen LogP contribution in [0, 0.1) is 0 Å². The molecule has 1 atom stereocenters. The second-order valence-corrected chi connectivity index (χ2v) is 6.50. The number of H-pyrrole nitrogens is 1. The number of nitrogens with one attached hydrogen (secondary N) is 2. The van der Waals surface area contributed by atoms with E-state index in [1.54, 1.807) is 7.11 Å². The highest BCUT2D eigenvalue weighted by molar-refractivity contribution is 5.63. The molecule has 0 fully saturated rings. The number of hydrogen-bond acceptors (Lipinski definition) is 5. The first kappa shape index (κ1) is 17.4. The fourth-order valence-corrected chi connectivity index (χ4v) is 3.16. The summed E-state index contributed by atoms with van der Waals surface area (Å²) in [6.45, 7) is 4.04. The van der Waals surface area contributed by atoms with Crippen molar-refractivity contribution in [3.8, 4) is 28.5 Å². The van der Waals surface area contributed by atoms with Gasteiger partial charge in [0.15, 0.2) is 11.5 Å². The lowest BCUT2D eigenvalue weighted by molar-refractivity contribution is 0.171. The zero-order valence-electron chi connectivity index (χ0n) is 15.5. The summed E-state index contributed by atoms with van der Waals surface area (Å²) < 4.78 is 16.5. The summed E-state index contributed by atoms with van der Waals surface area (Å²) in [6.07, 6.45) is 1.86. The molecule has 0 amide bonds. The van der Waals surface area contributed by atoms with Crippen molar-refractivity contribution in [2.24, 2.45) is 0 Å². The summed E-state index contributed by atoms with van der Waals surface area (Å²) in [6, 6.07) is 14.2. The van der Waals surface area contributed by atoms with E-state index in [0.717, 1.165) is 39.6 Å². The first-order valence-corrected chi connectivity index (χ1v) is 9.04. The van der Waals surface area contributed by atoms with E-state index in [1.807, 2.05) is 42.6 Å². The first-order valence-electron chi connectivity index (χ1n) is 9.04.